The Hall–Kier alpha value is -0.760. The Labute approximate surface area is 107 Å². The van der Waals surface area contributed by atoms with Crippen LogP contribution in [0.1, 0.15) is 13.3 Å². The van der Waals surface area contributed by atoms with Crippen LogP contribution < -0.4 is 0 Å². The largest absolute Gasteiger partial charge is 0.453 e. The molecule has 2 bridgehead atoms. The van der Waals surface area contributed by atoms with Crippen LogP contribution in [-0.2, 0) is 29.8 Å². The molecular weight excluding hydrogens is 260 g/mol. The van der Waals surface area contributed by atoms with E-state index in [4.69, 9.17) is 18.2 Å². The Kier molecular flexibility index (Phi) is 2.81. The summed E-state index contributed by atoms with van der Waals surface area (Å²) in [5, 5.41) is 0. The molecule has 0 aromatic heterocycles. The van der Waals surface area contributed by atoms with E-state index in [1.165, 1.54) is 0 Å². The number of carbonyl (C=O) groups is 1. The van der Waals surface area contributed by atoms with Crippen molar-refractivity contribution < 1.29 is 27.2 Å². The molecule has 3 aliphatic rings. The molecule has 0 radical (unpaired) electrons. The lowest BCUT2D eigenvalue weighted by Gasteiger charge is -2.25. The van der Waals surface area contributed by atoms with Crippen LogP contribution in [0.5, 0.6) is 0 Å². The first-order valence-electron chi connectivity index (χ1n) is 5.79. The van der Waals surface area contributed by atoms with E-state index in [-0.39, 0.29) is 17.8 Å². The van der Waals surface area contributed by atoms with E-state index < -0.39 is 29.5 Å². The Bertz CT molecular complexity index is 435. The number of carbonyl (C=O) groups excluding carboxylic acids is 1. The second-order valence-electron chi connectivity index (χ2n) is 5.06. The molecule has 7 atom stereocenters. The minimum atomic E-state index is -2.39. The normalized spacial score (nSPS) is 45.4. The van der Waals surface area contributed by atoms with Gasteiger partial charge < -0.3 is 9.47 Å². The van der Waals surface area contributed by atoms with Crippen molar-refractivity contribution in [1.29, 1.82) is 0 Å². The fourth-order valence-electron chi connectivity index (χ4n) is 2.95. The summed E-state index contributed by atoms with van der Waals surface area (Å²) in [6.07, 6.45) is -0.711. The van der Waals surface area contributed by atoms with Gasteiger partial charge in [-0.2, -0.15) is 4.21 Å². The Morgan fingerprint density at radius 2 is 2.00 bits per heavy atom. The SMILES string of the molecule is C=C(C)C(=O)OC1C2OC(C3CC32)C1OS(=O)O. The fourth-order valence-corrected chi connectivity index (χ4v) is 3.36. The van der Waals surface area contributed by atoms with E-state index >= 15 is 0 Å². The van der Waals surface area contributed by atoms with Crippen LogP contribution in [0.2, 0.25) is 0 Å². The minimum absolute atomic E-state index is 0.211. The zero-order valence-corrected chi connectivity index (χ0v) is 10.6. The van der Waals surface area contributed by atoms with Crippen molar-refractivity contribution in [2.75, 3.05) is 0 Å². The monoisotopic (exact) mass is 274 g/mol. The van der Waals surface area contributed by atoms with Crippen molar-refractivity contribution in [1.82, 2.24) is 0 Å². The number of hydrogen-bond acceptors (Lipinski definition) is 5. The predicted octanol–water partition coefficient (Wildman–Crippen LogP) is 0.413. The number of esters is 1. The predicted molar refractivity (Wildman–Crippen MR) is 60.6 cm³/mol. The second kappa shape index (κ2) is 4.12. The molecule has 7 unspecified atom stereocenters. The third-order valence-corrected chi connectivity index (χ3v) is 4.19. The van der Waals surface area contributed by atoms with Gasteiger partial charge in [0.2, 0.25) is 0 Å². The summed E-state index contributed by atoms with van der Waals surface area (Å²) in [6.45, 7) is 5.06. The van der Waals surface area contributed by atoms with Crippen LogP contribution >= 0.6 is 0 Å². The number of ether oxygens (including phenoxy) is 2. The maximum Gasteiger partial charge on any atom is 0.333 e. The van der Waals surface area contributed by atoms with E-state index in [0.29, 0.717) is 11.8 Å². The van der Waals surface area contributed by atoms with Crippen LogP contribution in [0.3, 0.4) is 0 Å². The van der Waals surface area contributed by atoms with E-state index in [2.05, 4.69) is 6.58 Å². The van der Waals surface area contributed by atoms with Crippen molar-refractivity contribution >= 4 is 17.3 Å². The smallest absolute Gasteiger partial charge is 0.333 e. The summed E-state index contributed by atoms with van der Waals surface area (Å²) in [5.74, 6) is 0.249. The molecule has 2 heterocycles. The zero-order chi connectivity index (χ0) is 13.0. The highest BCUT2D eigenvalue weighted by atomic mass is 32.2. The summed E-state index contributed by atoms with van der Waals surface area (Å²) in [4.78, 5) is 11.6. The lowest BCUT2D eigenvalue weighted by atomic mass is 9.95. The average molecular weight is 274 g/mol. The lowest BCUT2D eigenvalue weighted by molar-refractivity contribution is -0.150. The Balaban J connectivity index is 1.75. The molecule has 3 rings (SSSR count). The molecule has 0 aromatic rings. The van der Waals surface area contributed by atoms with Crippen molar-refractivity contribution in [3.63, 3.8) is 0 Å². The lowest BCUT2D eigenvalue weighted by Crippen LogP contribution is -2.43. The minimum Gasteiger partial charge on any atom is -0.453 e. The maximum atomic E-state index is 11.6. The summed E-state index contributed by atoms with van der Waals surface area (Å²) in [6, 6.07) is 0. The van der Waals surface area contributed by atoms with Gasteiger partial charge in [-0.05, 0) is 25.2 Å². The van der Waals surface area contributed by atoms with Gasteiger partial charge in [-0.25, -0.2) is 4.79 Å². The van der Waals surface area contributed by atoms with Gasteiger partial charge in [0.25, 0.3) is 0 Å². The molecular formula is C11H14O6S. The third-order valence-electron chi connectivity index (χ3n) is 3.81. The summed E-state index contributed by atoms with van der Waals surface area (Å²) < 4.78 is 35.5. The molecule has 1 N–H and O–H groups in total. The van der Waals surface area contributed by atoms with Crippen molar-refractivity contribution in [3.05, 3.63) is 12.2 Å². The van der Waals surface area contributed by atoms with E-state index in [0.717, 1.165) is 6.42 Å². The Morgan fingerprint density at radius 1 is 1.39 bits per heavy atom. The average Bonchev–Trinajstić information content (AvgIpc) is 2.91. The van der Waals surface area contributed by atoms with Crippen molar-refractivity contribution in [3.8, 4) is 0 Å². The molecule has 3 fully saturated rings. The molecule has 6 nitrogen and oxygen atoms in total. The topological polar surface area (TPSA) is 82.1 Å². The van der Waals surface area contributed by atoms with Gasteiger partial charge in [-0.15, -0.1) is 0 Å². The molecule has 0 amide bonds. The molecule has 2 aliphatic heterocycles. The van der Waals surface area contributed by atoms with Crippen LogP contribution in [-0.4, -0.2) is 39.1 Å². The van der Waals surface area contributed by atoms with E-state index in [9.17, 15) is 9.00 Å². The van der Waals surface area contributed by atoms with Crippen LogP contribution in [0.25, 0.3) is 0 Å². The zero-order valence-electron chi connectivity index (χ0n) is 9.78. The summed E-state index contributed by atoms with van der Waals surface area (Å²) in [7, 11) is 0. The molecule has 1 aliphatic carbocycles. The third kappa shape index (κ3) is 1.82. The summed E-state index contributed by atoms with van der Waals surface area (Å²) in [5.41, 5.74) is 0.286. The van der Waals surface area contributed by atoms with Gasteiger partial charge in [0, 0.05) is 5.57 Å². The van der Waals surface area contributed by atoms with Gasteiger partial charge >= 0.3 is 17.3 Å². The highest BCUT2D eigenvalue weighted by Crippen LogP contribution is 2.60. The number of rotatable bonds is 4. The molecule has 0 spiro atoms. The maximum absolute atomic E-state index is 11.6. The number of hydrogen-bond donors (Lipinski definition) is 1. The van der Waals surface area contributed by atoms with Crippen LogP contribution in [0.15, 0.2) is 12.2 Å². The van der Waals surface area contributed by atoms with Crippen LogP contribution in [0, 0.1) is 11.8 Å². The van der Waals surface area contributed by atoms with E-state index in [1.807, 2.05) is 0 Å². The molecule has 0 aromatic carbocycles. The van der Waals surface area contributed by atoms with Gasteiger partial charge in [-0.1, -0.05) is 6.58 Å². The quantitative estimate of drug-likeness (QED) is 0.454. The van der Waals surface area contributed by atoms with Crippen molar-refractivity contribution in [2.45, 2.75) is 37.8 Å². The second-order valence-corrected chi connectivity index (χ2v) is 5.68. The molecule has 18 heavy (non-hydrogen) atoms. The molecule has 7 heteroatoms. The molecule has 1 saturated carbocycles. The van der Waals surface area contributed by atoms with Crippen LogP contribution in [0.4, 0.5) is 0 Å². The standard InChI is InChI=1S/C11H14O6S/c1-4(2)11(12)16-9-7-5-3-6(5)8(15-7)10(9)17-18(13)14/h5-10H,1,3H2,2H3,(H,13,14). The molecule has 100 valence electrons. The molecule has 2 saturated heterocycles. The Morgan fingerprint density at radius 3 is 2.56 bits per heavy atom. The first-order chi connectivity index (χ1) is 8.49. The fraction of sp³-hybridized carbons (Fsp3) is 0.727. The van der Waals surface area contributed by atoms with Gasteiger partial charge in [-0.3, -0.25) is 8.74 Å². The van der Waals surface area contributed by atoms with Crippen molar-refractivity contribution in [2.24, 2.45) is 11.8 Å². The number of fused-ring (bicyclic) bond motifs is 5. The summed E-state index contributed by atoms with van der Waals surface area (Å²) >= 11 is -2.39. The van der Waals surface area contributed by atoms with Gasteiger partial charge in [0.15, 0.2) is 6.10 Å². The van der Waals surface area contributed by atoms with Gasteiger partial charge in [0.05, 0.1) is 6.10 Å². The highest BCUT2D eigenvalue weighted by molar-refractivity contribution is 7.74. The van der Waals surface area contributed by atoms with Gasteiger partial charge in [0.1, 0.15) is 12.2 Å². The van der Waals surface area contributed by atoms with E-state index in [1.54, 1.807) is 6.92 Å². The first-order valence-corrected chi connectivity index (χ1v) is 6.82. The first kappa shape index (κ1) is 12.3. The highest BCUT2D eigenvalue weighted by Gasteiger charge is 2.69.